The molecule has 0 N–H and O–H groups in total. The molecular weight excluding hydrogens is 252 g/mol. The van der Waals surface area contributed by atoms with Gasteiger partial charge in [0.2, 0.25) is 0 Å². The lowest BCUT2D eigenvalue weighted by atomic mass is 9.79. The Labute approximate surface area is 130 Å². The molecule has 0 heterocycles. The van der Waals surface area contributed by atoms with E-state index in [1.165, 1.54) is 27.8 Å². The normalized spacial score (nSPS) is 12.5. The molecule has 0 aliphatic heterocycles. The maximum Gasteiger partial charge on any atom is -0.0132 e. The van der Waals surface area contributed by atoms with Gasteiger partial charge in [-0.1, -0.05) is 89.6 Å². The van der Waals surface area contributed by atoms with Crippen LogP contribution in [0.5, 0.6) is 0 Å². The van der Waals surface area contributed by atoms with Crippen LogP contribution in [0.1, 0.15) is 58.2 Å². The van der Waals surface area contributed by atoms with Crippen molar-refractivity contribution in [3.05, 3.63) is 59.2 Å². The minimum atomic E-state index is 0.167. The molecule has 21 heavy (non-hydrogen) atoms. The van der Waals surface area contributed by atoms with Crippen LogP contribution in [0, 0.1) is 6.92 Å². The molecule has 0 fully saturated rings. The first kappa shape index (κ1) is 15.8. The zero-order chi connectivity index (χ0) is 15.8. The van der Waals surface area contributed by atoms with Crippen molar-refractivity contribution >= 4 is 0 Å². The van der Waals surface area contributed by atoms with Crippen molar-refractivity contribution in [1.82, 2.24) is 0 Å². The van der Waals surface area contributed by atoms with E-state index in [0.717, 1.165) is 0 Å². The third kappa shape index (κ3) is 3.75. The Kier molecular flexibility index (Phi) is 4.02. The van der Waals surface area contributed by atoms with Crippen LogP contribution in [0.3, 0.4) is 0 Å². The highest BCUT2D eigenvalue weighted by atomic mass is 14.2. The zero-order valence-corrected chi connectivity index (χ0v) is 14.5. The summed E-state index contributed by atoms with van der Waals surface area (Å²) in [6.07, 6.45) is 0. The van der Waals surface area contributed by atoms with Crippen molar-refractivity contribution in [1.29, 1.82) is 0 Å². The highest BCUT2D eigenvalue weighted by Crippen LogP contribution is 2.33. The van der Waals surface area contributed by atoms with E-state index in [4.69, 9.17) is 0 Å². The first-order valence-electron chi connectivity index (χ1n) is 7.80. The molecule has 0 nitrogen and oxygen atoms in total. The van der Waals surface area contributed by atoms with Crippen LogP contribution < -0.4 is 0 Å². The summed E-state index contributed by atoms with van der Waals surface area (Å²) in [5, 5.41) is 0. The Balaban J connectivity index is 2.63. The lowest BCUT2D eigenvalue weighted by molar-refractivity contribution is 0.569. The van der Waals surface area contributed by atoms with Crippen LogP contribution in [-0.2, 0) is 10.8 Å². The molecule has 0 bridgehead atoms. The minimum Gasteiger partial charge on any atom is -0.0587 e. The van der Waals surface area contributed by atoms with Gasteiger partial charge in [-0.3, -0.25) is 0 Å². The first-order chi connectivity index (χ1) is 9.57. The maximum absolute atomic E-state index is 2.37. The lowest BCUT2D eigenvalue weighted by Gasteiger charge is -2.26. The summed E-state index contributed by atoms with van der Waals surface area (Å²) in [5.74, 6) is 0. The molecule has 2 aromatic carbocycles. The molecule has 0 saturated heterocycles. The summed E-state index contributed by atoms with van der Waals surface area (Å²) in [4.78, 5) is 0. The molecule has 0 aliphatic carbocycles. The Hall–Kier alpha value is -1.56. The van der Waals surface area contributed by atoms with Gasteiger partial charge in [0.25, 0.3) is 0 Å². The van der Waals surface area contributed by atoms with Gasteiger partial charge in [0, 0.05) is 0 Å². The molecule has 2 aromatic rings. The second kappa shape index (κ2) is 5.33. The summed E-state index contributed by atoms with van der Waals surface area (Å²) in [6, 6.07) is 15.9. The monoisotopic (exact) mass is 280 g/mol. The molecule has 0 atom stereocenters. The van der Waals surface area contributed by atoms with Crippen LogP contribution in [0.4, 0.5) is 0 Å². The van der Waals surface area contributed by atoms with Gasteiger partial charge in [-0.05, 0) is 40.0 Å². The number of aryl methyl sites for hydroxylation is 1. The van der Waals surface area contributed by atoms with E-state index in [-0.39, 0.29) is 10.8 Å². The molecule has 112 valence electrons. The topological polar surface area (TPSA) is 0 Å². The van der Waals surface area contributed by atoms with Gasteiger partial charge in [0.05, 0.1) is 0 Å². The van der Waals surface area contributed by atoms with Crippen LogP contribution >= 0.6 is 0 Å². The number of hydrogen-bond acceptors (Lipinski definition) is 0. The van der Waals surface area contributed by atoms with Crippen molar-refractivity contribution in [3.8, 4) is 11.1 Å². The van der Waals surface area contributed by atoms with Gasteiger partial charge < -0.3 is 0 Å². The van der Waals surface area contributed by atoms with Crippen molar-refractivity contribution in [2.24, 2.45) is 0 Å². The Morgan fingerprint density at radius 2 is 1.00 bits per heavy atom. The van der Waals surface area contributed by atoms with Crippen molar-refractivity contribution in [2.75, 3.05) is 0 Å². The van der Waals surface area contributed by atoms with E-state index in [1.54, 1.807) is 0 Å². The number of hydrogen-bond donors (Lipinski definition) is 0. The molecule has 0 spiro atoms. The quantitative estimate of drug-likeness (QED) is 0.578. The fraction of sp³-hybridized carbons (Fsp3) is 0.429. The van der Waals surface area contributed by atoms with E-state index in [0.29, 0.717) is 0 Å². The molecule has 0 saturated carbocycles. The summed E-state index contributed by atoms with van der Waals surface area (Å²) < 4.78 is 0. The third-order valence-electron chi connectivity index (χ3n) is 4.05. The summed E-state index contributed by atoms with van der Waals surface area (Å²) in [7, 11) is 0. The van der Waals surface area contributed by atoms with Crippen molar-refractivity contribution < 1.29 is 0 Å². The number of rotatable bonds is 1. The van der Waals surface area contributed by atoms with Gasteiger partial charge in [-0.25, -0.2) is 0 Å². The van der Waals surface area contributed by atoms with Crippen LogP contribution in [0.25, 0.3) is 11.1 Å². The Bertz CT molecular complexity index is 584. The van der Waals surface area contributed by atoms with Gasteiger partial charge in [-0.2, -0.15) is 0 Å². The van der Waals surface area contributed by atoms with Gasteiger partial charge >= 0.3 is 0 Å². The van der Waals surface area contributed by atoms with E-state index < -0.39 is 0 Å². The van der Waals surface area contributed by atoms with Gasteiger partial charge in [0.15, 0.2) is 0 Å². The Morgan fingerprint density at radius 3 is 1.38 bits per heavy atom. The lowest BCUT2D eigenvalue weighted by Crippen LogP contribution is -2.16. The van der Waals surface area contributed by atoms with Crippen LogP contribution in [-0.4, -0.2) is 0 Å². The molecule has 0 heteroatoms. The van der Waals surface area contributed by atoms with E-state index in [2.05, 4.69) is 90.9 Å². The zero-order valence-electron chi connectivity index (χ0n) is 14.5. The smallest absolute Gasteiger partial charge is 0.0132 e. The van der Waals surface area contributed by atoms with E-state index in [1.807, 2.05) is 0 Å². The number of benzene rings is 2. The first-order valence-corrected chi connectivity index (χ1v) is 7.80. The maximum atomic E-state index is 2.37. The molecule has 0 radical (unpaired) electrons. The fourth-order valence-corrected chi connectivity index (χ4v) is 2.41. The van der Waals surface area contributed by atoms with Gasteiger partial charge in [0.1, 0.15) is 0 Å². The van der Waals surface area contributed by atoms with Crippen molar-refractivity contribution in [2.45, 2.75) is 59.3 Å². The Morgan fingerprint density at radius 1 is 0.571 bits per heavy atom. The van der Waals surface area contributed by atoms with Crippen LogP contribution in [0.2, 0.25) is 0 Å². The fourth-order valence-electron chi connectivity index (χ4n) is 2.41. The molecule has 2 rings (SSSR count). The minimum absolute atomic E-state index is 0.167. The molecule has 0 amide bonds. The van der Waals surface area contributed by atoms with E-state index >= 15 is 0 Å². The predicted molar refractivity (Wildman–Crippen MR) is 94.0 cm³/mol. The summed E-state index contributed by atoms with van der Waals surface area (Å²) in [6.45, 7) is 15.8. The average Bonchev–Trinajstić information content (AvgIpc) is 2.37. The highest BCUT2D eigenvalue weighted by Gasteiger charge is 2.20. The summed E-state index contributed by atoms with van der Waals surface area (Å²) >= 11 is 0. The molecule has 0 unspecified atom stereocenters. The largest absolute Gasteiger partial charge is 0.0587 e. The highest BCUT2D eigenvalue weighted by molar-refractivity contribution is 5.66. The molecule has 0 aliphatic rings. The SMILES string of the molecule is Cc1ccc(-c2cc(C(C)(C)C)cc(C(C)(C)C)c2)cc1. The summed E-state index contributed by atoms with van der Waals surface area (Å²) in [5.41, 5.74) is 7.09. The van der Waals surface area contributed by atoms with Crippen molar-refractivity contribution in [3.63, 3.8) is 0 Å². The third-order valence-corrected chi connectivity index (χ3v) is 4.05. The second-order valence-electron chi connectivity index (χ2n) is 8.17. The van der Waals surface area contributed by atoms with Crippen LogP contribution in [0.15, 0.2) is 42.5 Å². The van der Waals surface area contributed by atoms with E-state index in [9.17, 15) is 0 Å². The predicted octanol–water partition coefficient (Wildman–Crippen LogP) is 6.26. The molecule has 0 aromatic heterocycles. The standard InChI is InChI=1S/C21H28/c1-15-8-10-16(11-9-15)17-12-18(20(2,3)4)14-19(13-17)21(5,6)7/h8-14H,1-7H3. The second-order valence-corrected chi connectivity index (χ2v) is 8.17. The molecular formula is C21H28. The average molecular weight is 280 g/mol. The van der Waals surface area contributed by atoms with Gasteiger partial charge in [-0.15, -0.1) is 0 Å².